The van der Waals surface area contributed by atoms with Gasteiger partial charge in [-0.25, -0.2) is 0 Å². The lowest BCUT2D eigenvalue weighted by molar-refractivity contribution is -0.268. The van der Waals surface area contributed by atoms with Crippen LogP contribution in [0.3, 0.4) is 0 Å². The molecule has 3 rings (SSSR count). The predicted octanol–water partition coefficient (Wildman–Crippen LogP) is 2.76. The van der Waals surface area contributed by atoms with Gasteiger partial charge in [-0.1, -0.05) is 30.0 Å². The van der Waals surface area contributed by atoms with Crippen molar-refractivity contribution in [3.8, 4) is 11.5 Å². The second-order valence-electron chi connectivity index (χ2n) is 4.33. The Morgan fingerprint density at radius 1 is 1.10 bits per heavy atom. The van der Waals surface area contributed by atoms with Crippen LogP contribution in [-0.2, 0) is 0 Å². The number of fused-ring (bicyclic) bond motifs is 1. The number of phenolic OH excluding ortho intramolecular Hbond substituents is 1. The Morgan fingerprint density at radius 3 is 2.85 bits per heavy atom. The standard InChI is InChI=1S/C16H12N2O2/c19-13-6-7-15(20)12(9-13)10-18-14-5-1-3-11-4-2-8-17-16(11)14/h1-10,19-20H/p-1. The molecule has 1 aromatic heterocycles. The minimum atomic E-state index is -0.181. The van der Waals surface area contributed by atoms with E-state index in [2.05, 4.69) is 9.98 Å². The zero-order chi connectivity index (χ0) is 13.9. The van der Waals surface area contributed by atoms with Crippen LogP contribution in [0.2, 0.25) is 0 Å². The highest BCUT2D eigenvalue weighted by Gasteiger charge is 1.99. The van der Waals surface area contributed by atoms with E-state index in [1.54, 1.807) is 6.20 Å². The van der Waals surface area contributed by atoms with Crippen LogP contribution >= 0.6 is 0 Å². The summed E-state index contributed by atoms with van der Waals surface area (Å²) in [6.45, 7) is 0. The molecule has 3 aromatic rings. The zero-order valence-corrected chi connectivity index (χ0v) is 10.5. The monoisotopic (exact) mass is 263 g/mol. The van der Waals surface area contributed by atoms with E-state index in [-0.39, 0.29) is 11.5 Å². The van der Waals surface area contributed by atoms with Crippen LogP contribution in [0.1, 0.15) is 5.56 Å². The molecule has 1 N–H and O–H groups in total. The third-order valence-electron chi connectivity index (χ3n) is 2.95. The number of rotatable bonds is 2. The lowest BCUT2D eigenvalue weighted by Gasteiger charge is -2.09. The first-order valence-electron chi connectivity index (χ1n) is 6.12. The van der Waals surface area contributed by atoms with Crippen molar-refractivity contribution >= 4 is 22.8 Å². The molecule has 0 saturated heterocycles. The molecule has 0 fully saturated rings. The summed E-state index contributed by atoms with van der Waals surface area (Å²) in [5, 5.41) is 22.0. The third-order valence-corrected chi connectivity index (χ3v) is 2.95. The fourth-order valence-electron chi connectivity index (χ4n) is 1.97. The number of para-hydroxylation sites is 1. The molecule has 2 aromatic carbocycles. The van der Waals surface area contributed by atoms with Gasteiger partial charge in [-0.15, -0.1) is 0 Å². The summed E-state index contributed by atoms with van der Waals surface area (Å²) in [4.78, 5) is 8.60. The molecule has 0 saturated carbocycles. The zero-order valence-electron chi connectivity index (χ0n) is 10.5. The van der Waals surface area contributed by atoms with Gasteiger partial charge >= 0.3 is 0 Å². The first-order chi connectivity index (χ1) is 9.74. The van der Waals surface area contributed by atoms with Crippen LogP contribution in [0.25, 0.3) is 10.9 Å². The first-order valence-corrected chi connectivity index (χ1v) is 6.12. The summed E-state index contributed by atoms with van der Waals surface area (Å²) in [5.41, 5.74) is 1.81. The van der Waals surface area contributed by atoms with E-state index in [1.807, 2.05) is 30.3 Å². The molecule has 4 nitrogen and oxygen atoms in total. The molecule has 4 heteroatoms. The Hall–Kier alpha value is -2.88. The van der Waals surface area contributed by atoms with Crippen molar-refractivity contribution in [3.63, 3.8) is 0 Å². The van der Waals surface area contributed by atoms with Gasteiger partial charge in [0.1, 0.15) is 5.75 Å². The maximum atomic E-state index is 11.6. The molecule has 0 aliphatic carbocycles. The van der Waals surface area contributed by atoms with Crippen LogP contribution in [-0.4, -0.2) is 16.3 Å². The fourth-order valence-corrected chi connectivity index (χ4v) is 1.97. The number of benzene rings is 2. The minimum Gasteiger partial charge on any atom is -0.872 e. The first kappa shape index (κ1) is 12.2. The molecule has 0 aliphatic rings. The van der Waals surface area contributed by atoms with E-state index in [0.29, 0.717) is 11.3 Å². The Balaban J connectivity index is 2.05. The number of hydrogen-bond acceptors (Lipinski definition) is 4. The van der Waals surface area contributed by atoms with E-state index in [9.17, 15) is 10.2 Å². The van der Waals surface area contributed by atoms with Gasteiger partial charge in [-0.05, 0) is 29.8 Å². The van der Waals surface area contributed by atoms with Crippen molar-refractivity contribution in [1.82, 2.24) is 4.98 Å². The van der Waals surface area contributed by atoms with Gasteiger partial charge in [0, 0.05) is 17.8 Å². The second-order valence-corrected chi connectivity index (χ2v) is 4.33. The fraction of sp³-hybridized carbons (Fsp3) is 0. The van der Waals surface area contributed by atoms with Crippen molar-refractivity contribution in [2.75, 3.05) is 0 Å². The van der Waals surface area contributed by atoms with Crippen LogP contribution in [0, 0.1) is 0 Å². The number of aliphatic imine (C=N–C) groups is 1. The van der Waals surface area contributed by atoms with Crippen molar-refractivity contribution < 1.29 is 10.2 Å². The van der Waals surface area contributed by atoms with Crippen LogP contribution in [0.4, 0.5) is 5.69 Å². The predicted molar refractivity (Wildman–Crippen MR) is 76.5 cm³/mol. The van der Waals surface area contributed by atoms with Crippen LogP contribution in [0.5, 0.6) is 11.5 Å². The normalized spacial score (nSPS) is 11.2. The number of pyridine rings is 1. The van der Waals surface area contributed by atoms with Crippen molar-refractivity contribution in [3.05, 3.63) is 60.3 Å². The van der Waals surface area contributed by atoms with Gasteiger partial charge < -0.3 is 10.2 Å². The molecule has 98 valence electrons. The molecule has 0 unspecified atom stereocenters. The molecule has 0 aliphatic heterocycles. The summed E-state index contributed by atoms with van der Waals surface area (Å²) in [6, 6.07) is 13.6. The summed E-state index contributed by atoms with van der Waals surface area (Å²) >= 11 is 0. The quantitative estimate of drug-likeness (QED) is 0.723. The lowest BCUT2D eigenvalue weighted by atomic mass is 10.2. The van der Waals surface area contributed by atoms with Gasteiger partial charge in [0.15, 0.2) is 0 Å². The number of hydrogen-bond donors (Lipinski definition) is 1. The number of nitrogens with zero attached hydrogens (tertiary/aromatic N) is 2. The SMILES string of the molecule is [O-]c1ccc(O)cc1C=Nc1cccc2cccnc12. The highest BCUT2D eigenvalue weighted by Crippen LogP contribution is 2.24. The van der Waals surface area contributed by atoms with E-state index in [1.165, 1.54) is 24.4 Å². The molecular weight excluding hydrogens is 252 g/mol. The second kappa shape index (κ2) is 5.01. The molecule has 1 heterocycles. The molecule has 0 radical (unpaired) electrons. The van der Waals surface area contributed by atoms with E-state index in [4.69, 9.17) is 0 Å². The third kappa shape index (κ3) is 2.31. The van der Waals surface area contributed by atoms with Crippen molar-refractivity contribution in [2.24, 2.45) is 4.99 Å². The summed E-state index contributed by atoms with van der Waals surface area (Å²) in [6.07, 6.45) is 3.15. The Kier molecular flexibility index (Phi) is 3.05. The largest absolute Gasteiger partial charge is 0.872 e. The average molecular weight is 263 g/mol. The van der Waals surface area contributed by atoms with Crippen molar-refractivity contribution in [1.29, 1.82) is 0 Å². The Morgan fingerprint density at radius 2 is 1.95 bits per heavy atom. The molecular formula is C16H11N2O2-. The lowest BCUT2D eigenvalue weighted by Crippen LogP contribution is -1.95. The van der Waals surface area contributed by atoms with Crippen LogP contribution < -0.4 is 5.11 Å². The maximum Gasteiger partial charge on any atom is 0.116 e. The van der Waals surface area contributed by atoms with E-state index < -0.39 is 0 Å². The number of aromatic nitrogens is 1. The summed E-state index contributed by atoms with van der Waals surface area (Å²) in [7, 11) is 0. The Labute approximate surface area is 115 Å². The average Bonchev–Trinajstić information content (AvgIpc) is 2.48. The highest BCUT2D eigenvalue weighted by molar-refractivity contribution is 5.93. The van der Waals surface area contributed by atoms with Gasteiger partial charge in [0.2, 0.25) is 0 Å². The van der Waals surface area contributed by atoms with E-state index >= 15 is 0 Å². The van der Waals surface area contributed by atoms with Crippen LogP contribution in [0.15, 0.2) is 59.7 Å². The highest BCUT2D eigenvalue weighted by atomic mass is 16.3. The van der Waals surface area contributed by atoms with Gasteiger partial charge in [-0.3, -0.25) is 9.98 Å². The van der Waals surface area contributed by atoms with E-state index in [0.717, 1.165) is 10.9 Å². The number of aromatic hydroxyl groups is 1. The van der Waals surface area contributed by atoms with Gasteiger partial charge in [0.05, 0.1) is 11.2 Å². The molecule has 0 atom stereocenters. The van der Waals surface area contributed by atoms with Gasteiger partial charge in [0.25, 0.3) is 0 Å². The molecule has 0 spiro atoms. The van der Waals surface area contributed by atoms with Crippen molar-refractivity contribution in [2.45, 2.75) is 0 Å². The van der Waals surface area contributed by atoms with Gasteiger partial charge in [-0.2, -0.15) is 0 Å². The summed E-state index contributed by atoms with van der Waals surface area (Å²) in [5.74, 6) is -0.137. The minimum absolute atomic E-state index is 0.0436. The smallest absolute Gasteiger partial charge is 0.116 e. The summed E-state index contributed by atoms with van der Waals surface area (Å²) < 4.78 is 0. The molecule has 20 heavy (non-hydrogen) atoms. The molecule has 0 bridgehead atoms. The number of phenols is 1. The topological polar surface area (TPSA) is 68.5 Å². The maximum absolute atomic E-state index is 11.6. The molecule has 0 amide bonds. The Bertz CT molecular complexity index is 792.